The molecule has 1 aromatic carbocycles. The maximum atomic E-state index is 6.01. The van der Waals surface area contributed by atoms with Crippen molar-refractivity contribution in [1.29, 1.82) is 0 Å². The molecule has 28 heavy (non-hydrogen) atoms. The highest BCUT2D eigenvalue weighted by Gasteiger charge is 2.33. The molecule has 2 aliphatic heterocycles. The van der Waals surface area contributed by atoms with Crippen molar-refractivity contribution in [2.24, 2.45) is 20.8 Å². The molecule has 0 saturated heterocycles. The molecule has 3 rings (SSSR count). The van der Waals surface area contributed by atoms with Gasteiger partial charge in [0.15, 0.2) is 0 Å². The van der Waals surface area contributed by atoms with Crippen LogP contribution in [0, 0.1) is 10.8 Å². The van der Waals surface area contributed by atoms with Gasteiger partial charge in [-0.2, -0.15) is 0 Å². The molecule has 4 nitrogen and oxygen atoms in total. The molecule has 0 fully saturated rings. The van der Waals surface area contributed by atoms with Crippen LogP contribution in [0.2, 0.25) is 0 Å². The third kappa shape index (κ3) is 4.42. The van der Waals surface area contributed by atoms with Gasteiger partial charge in [-0.3, -0.25) is 0 Å². The molecule has 2 atom stereocenters. The van der Waals surface area contributed by atoms with Crippen LogP contribution < -0.4 is 0 Å². The second kappa shape index (κ2) is 6.89. The fourth-order valence-electron chi connectivity index (χ4n) is 3.26. The molecule has 0 spiro atoms. The zero-order valence-electron chi connectivity index (χ0n) is 19.0. The quantitative estimate of drug-likeness (QED) is 0.688. The summed E-state index contributed by atoms with van der Waals surface area (Å²) in [6.07, 6.45) is 0. The van der Waals surface area contributed by atoms with Gasteiger partial charge in [-0.25, -0.2) is 9.98 Å². The topological polar surface area (TPSA) is 43.2 Å². The van der Waals surface area contributed by atoms with Gasteiger partial charge in [0, 0.05) is 11.1 Å². The molecule has 0 saturated carbocycles. The van der Waals surface area contributed by atoms with Crippen molar-refractivity contribution >= 4 is 11.8 Å². The zero-order valence-corrected chi connectivity index (χ0v) is 19.0. The predicted molar refractivity (Wildman–Crippen MR) is 117 cm³/mol. The molecule has 2 heterocycles. The van der Waals surface area contributed by atoms with E-state index in [1.807, 2.05) is 0 Å². The lowest BCUT2D eigenvalue weighted by Crippen LogP contribution is -2.25. The minimum atomic E-state index is 0.00987. The lowest BCUT2D eigenvalue weighted by Gasteiger charge is -2.22. The van der Waals surface area contributed by atoms with Gasteiger partial charge in [0.25, 0.3) is 0 Å². The van der Waals surface area contributed by atoms with Gasteiger partial charge in [0.2, 0.25) is 11.8 Å². The third-order valence-electron chi connectivity index (χ3n) is 5.59. The Morgan fingerprint density at radius 3 is 1.36 bits per heavy atom. The highest BCUT2D eigenvalue weighted by Crippen LogP contribution is 2.32. The van der Waals surface area contributed by atoms with Crippen LogP contribution >= 0.6 is 0 Å². The van der Waals surface area contributed by atoms with Crippen molar-refractivity contribution in [2.45, 2.75) is 79.8 Å². The Hall–Kier alpha value is -1.84. The van der Waals surface area contributed by atoms with E-state index in [-0.39, 0.29) is 28.3 Å². The molecule has 0 amide bonds. The summed E-state index contributed by atoms with van der Waals surface area (Å²) in [4.78, 5) is 9.78. The maximum Gasteiger partial charge on any atom is 0.216 e. The van der Waals surface area contributed by atoms with Crippen LogP contribution in [0.4, 0.5) is 0 Å². The van der Waals surface area contributed by atoms with Crippen LogP contribution in [0.5, 0.6) is 0 Å². The molecular formula is C24H36N2O2. The molecule has 0 aliphatic carbocycles. The lowest BCUT2D eigenvalue weighted by atomic mass is 9.85. The first kappa shape index (κ1) is 20.9. The predicted octanol–water partition coefficient (Wildman–Crippen LogP) is 5.37. The Labute approximate surface area is 170 Å². The van der Waals surface area contributed by atoms with E-state index in [9.17, 15) is 0 Å². The monoisotopic (exact) mass is 384 g/mol. The largest absolute Gasteiger partial charge is 0.475 e. The van der Waals surface area contributed by atoms with Crippen LogP contribution in [-0.4, -0.2) is 37.1 Å². The first-order valence-corrected chi connectivity index (χ1v) is 10.3. The molecule has 1 aromatic rings. The molecule has 4 heteroatoms. The Bertz CT molecular complexity index is 743. The van der Waals surface area contributed by atoms with Crippen LogP contribution in [0.3, 0.4) is 0 Å². The Balaban J connectivity index is 2.03. The molecule has 0 N–H and O–H groups in total. The van der Waals surface area contributed by atoms with Crippen molar-refractivity contribution in [2.75, 3.05) is 13.2 Å². The summed E-state index contributed by atoms with van der Waals surface area (Å²) in [7, 11) is 0. The SMILES string of the molecule is CC(C)(C)c1cc(C2=N[C@@H](C(C)(C)C)CO2)cc(C2=N[C@@H](C(C)(C)C)CO2)c1. The van der Waals surface area contributed by atoms with E-state index in [4.69, 9.17) is 19.5 Å². The van der Waals surface area contributed by atoms with E-state index in [0.717, 1.165) is 22.9 Å². The van der Waals surface area contributed by atoms with Crippen LogP contribution in [0.25, 0.3) is 0 Å². The summed E-state index contributed by atoms with van der Waals surface area (Å²) in [6, 6.07) is 6.86. The first-order chi connectivity index (χ1) is 12.7. The summed E-state index contributed by atoms with van der Waals surface area (Å²) < 4.78 is 12.0. The maximum absolute atomic E-state index is 6.01. The van der Waals surface area contributed by atoms with Gasteiger partial charge < -0.3 is 9.47 Å². The van der Waals surface area contributed by atoms with Crippen LogP contribution in [0.1, 0.15) is 79.0 Å². The first-order valence-electron chi connectivity index (χ1n) is 10.3. The Morgan fingerprint density at radius 1 is 0.679 bits per heavy atom. The fourth-order valence-corrected chi connectivity index (χ4v) is 3.26. The fraction of sp³-hybridized carbons (Fsp3) is 0.667. The van der Waals surface area contributed by atoms with Crippen molar-refractivity contribution in [3.8, 4) is 0 Å². The second-order valence-corrected chi connectivity index (χ2v) is 11.3. The van der Waals surface area contributed by atoms with Crippen molar-refractivity contribution < 1.29 is 9.47 Å². The number of rotatable bonds is 2. The van der Waals surface area contributed by atoms with Crippen molar-refractivity contribution in [3.63, 3.8) is 0 Å². The minimum absolute atomic E-state index is 0.00987. The zero-order chi connectivity index (χ0) is 20.9. The van der Waals surface area contributed by atoms with Crippen LogP contribution in [0.15, 0.2) is 28.2 Å². The standard InChI is InChI=1S/C24H36N2O2/c1-22(2,3)17-11-15(20-25-18(13-27-20)23(4,5)6)10-16(12-17)21-26-19(14-28-21)24(7,8)9/h10-12,18-19H,13-14H2,1-9H3/t18-,19-/m1/s1. The summed E-state index contributed by atoms with van der Waals surface area (Å²) in [5.74, 6) is 1.47. The number of aliphatic imine (C=N–C) groups is 2. The number of benzene rings is 1. The van der Waals surface area contributed by atoms with Gasteiger partial charge in [-0.05, 0) is 40.0 Å². The molecule has 0 unspecified atom stereocenters. The Morgan fingerprint density at radius 2 is 1.07 bits per heavy atom. The molecule has 0 aromatic heterocycles. The lowest BCUT2D eigenvalue weighted by molar-refractivity contribution is 0.235. The number of hydrogen-bond acceptors (Lipinski definition) is 4. The molecule has 0 bridgehead atoms. The molecule has 2 aliphatic rings. The van der Waals surface area contributed by atoms with E-state index < -0.39 is 0 Å². The van der Waals surface area contributed by atoms with E-state index in [1.54, 1.807) is 0 Å². The van der Waals surface area contributed by atoms with Gasteiger partial charge in [0.1, 0.15) is 13.2 Å². The van der Waals surface area contributed by atoms with E-state index in [0.29, 0.717) is 13.2 Å². The Kier molecular flexibility index (Phi) is 5.14. The normalized spacial score (nSPS) is 23.2. The molecule has 154 valence electrons. The minimum Gasteiger partial charge on any atom is -0.475 e. The van der Waals surface area contributed by atoms with E-state index >= 15 is 0 Å². The number of ether oxygens (including phenoxy) is 2. The molecule has 0 radical (unpaired) electrons. The second-order valence-electron chi connectivity index (χ2n) is 11.3. The molecular weight excluding hydrogens is 348 g/mol. The summed E-state index contributed by atoms with van der Waals surface area (Å²) in [5.41, 5.74) is 3.45. The van der Waals surface area contributed by atoms with E-state index in [1.165, 1.54) is 5.56 Å². The third-order valence-corrected chi connectivity index (χ3v) is 5.59. The van der Waals surface area contributed by atoms with E-state index in [2.05, 4.69) is 80.5 Å². The highest BCUT2D eigenvalue weighted by molar-refractivity contribution is 6.01. The number of nitrogens with zero attached hydrogens (tertiary/aromatic N) is 2. The smallest absolute Gasteiger partial charge is 0.216 e. The van der Waals surface area contributed by atoms with Crippen molar-refractivity contribution in [1.82, 2.24) is 0 Å². The summed E-state index contributed by atoms with van der Waals surface area (Å²) >= 11 is 0. The van der Waals surface area contributed by atoms with Gasteiger partial charge in [-0.1, -0.05) is 62.3 Å². The highest BCUT2D eigenvalue weighted by atomic mass is 16.5. The number of hydrogen-bond donors (Lipinski definition) is 0. The average molecular weight is 385 g/mol. The van der Waals surface area contributed by atoms with Crippen LogP contribution in [-0.2, 0) is 14.9 Å². The average Bonchev–Trinajstić information content (AvgIpc) is 3.22. The summed E-state index contributed by atoms with van der Waals surface area (Å²) in [5, 5.41) is 0. The van der Waals surface area contributed by atoms with Crippen molar-refractivity contribution in [3.05, 3.63) is 34.9 Å². The van der Waals surface area contributed by atoms with Gasteiger partial charge in [0.05, 0.1) is 12.1 Å². The van der Waals surface area contributed by atoms with Gasteiger partial charge >= 0.3 is 0 Å². The van der Waals surface area contributed by atoms with Gasteiger partial charge in [-0.15, -0.1) is 0 Å². The summed E-state index contributed by atoms with van der Waals surface area (Å²) in [6.45, 7) is 21.2.